The van der Waals surface area contributed by atoms with Gasteiger partial charge in [-0.25, -0.2) is 0 Å². The summed E-state index contributed by atoms with van der Waals surface area (Å²) in [5.41, 5.74) is 0. The maximum Gasteiger partial charge on any atom is 0.199 e. The minimum atomic E-state index is -0.0603. The third-order valence-electron chi connectivity index (χ3n) is 2.41. The lowest BCUT2D eigenvalue weighted by Gasteiger charge is -2.18. The van der Waals surface area contributed by atoms with Crippen molar-refractivity contribution in [2.75, 3.05) is 26.2 Å². The van der Waals surface area contributed by atoms with E-state index in [1.807, 2.05) is 11.0 Å². The lowest BCUT2D eigenvalue weighted by atomic mass is 10.2. The van der Waals surface area contributed by atoms with Gasteiger partial charge in [0.05, 0.1) is 18.9 Å². The smallest absolute Gasteiger partial charge is 0.199 e. The number of aliphatic hydroxyl groups excluding tert-OH is 1. The standard InChI is InChI=1S/C12H16N2O3/c13-5-2-6-14(8-9-15)7-4-11(16)12-3-1-10-17-12/h1,3,10,15H,2,4,6-9H2. The molecular weight excluding hydrogens is 220 g/mol. The van der Waals surface area contributed by atoms with E-state index >= 15 is 0 Å². The van der Waals surface area contributed by atoms with Crippen LogP contribution in [0.1, 0.15) is 23.4 Å². The minimum absolute atomic E-state index is 0.0281. The summed E-state index contributed by atoms with van der Waals surface area (Å²) in [4.78, 5) is 13.5. The summed E-state index contributed by atoms with van der Waals surface area (Å²) >= 11 is 0. The van der Waals surface area contributed by atoms with Crippen LogP contribution in [0.15, 0.2) is 22.8 Å². The summed E-state index contributed by atoms with van der Waals surface area (Å²) in [7, 11) is 0. The zero-order valence-corrected chi connectivity index (χ0v) is 9.63. The molecule has 0 aliphatic rings. The number of nitrogens with zero attached hydrogens (tertiary/aromatic N) is 2. The molecule has 0 aromatic carbocycles. The van der Waals surface area contributed by atoms with E-state index in [-0.39, 0.29) is 12.4 Å². The Morgan fingerprint density at radius 3 is 2.88 bits per heavy atom. The molecule has 5 heteroatoms. The van der Waals surface area contributed by atoms with Crippen molar-refractivity contribution >= 4 is 5.78 Å². The fourth-order valence-electron chi connectivity index (χ4n) is 1.51. The predicted octanol–water partition coefficient (Wildman–Crippen LogP) is 1.06. The van der Waals surface area contributed by atoms with Crippen molar-refractivity contribution in [1.82, 2.24) is 4.90 Å². The van der Waals surface area contributed by atoms with Crippen LogP contribution < -0.4 is 0 Å². The van der Waals surface area contributed by atoms with E-state index in [2.05, 4.69) is 0 Å². The molecule has 0 saturated heterocycles. The van der Waals surface area contributed by atoms with Crippen molar-refractivity contribution in [3.8, 4) is 6.07 Å². The molecule has 0 aliphatic heterocycles. The first-order valence-corrected chi connectivity index (χ1v) is 5.54. The van der Waals surface area contributed by atoms with Crippen LogP contribution in [-0.2, 0) is 0 Å². The second kappa shape index (κ2) is 7.60. The highest BCUT2D eigenvalue weighted by Crippen LogP contribution is 2.05. The molecule has 0 atom stereocenters. The third kappa shape index (κ3) is 4.81. The number of rotatable bonds is 8. The van der Waals surface area contributed by atoms with Crippen LogP contribution in [0.2, 0.25) is 0 Å². The number of Topliss-reactive ketones (excluding diaryl/α,β-unsaturated/α-hetero) is 1. The van der Waals surface area contributed by atoms with Gasteiger partial charge in [0.1, 0.15) is 0 Å². The van der Waals surface area contributed by atoms with Crippen LogP contribution in [0.5, 0.6) is 0 Å². The molecule has 5 nitrogen and oxygen atoms in total. The average molecular weight is 236 g/mol. The summed E-state index contributed by atoms with van der Waals surface area (Å²) in [6.07, 6.45) is 2.20. The number of carbonyl (C=O) groups excluding carboxylic acids is 1. The topological polar surface area (TPSA) is 77.5 Å². The first kappa shape index (κ1) is 13.4. The van der Waals surface area contributed by atoms with Crippen molar-refractivity contribution in [2.24, 2.45) is 0 Å². The maximum absolute atomic E-state index is 11.6. The van der Waals surface area contributed by atoms with Crippen LogP contribution in [0.4, 0.5) is 0 Å². The van der Waals surface area contributed by atoms with E-state index in [1.54, 1.807) is 12.1 Å². The van der Waals surface area contributed by atoms with Crippen molar-refractivity contribution in [3.63, 3.8) is 0 Å². The van der Waals surface area contributed by atoms with Gasteiger partial charge in [0.2, 0.25) is 0 Å². The highest BCUT2D eigenvalue weighted by Gasteiger charge is 2.11. The molecule has 0 unspecified atom stereocenters. The summed E-state index contributed by atoms with van der Waals surface area (Å²) < 4.78 is 5.00. The Balaban J connectivity index is 2.35. The minimum Gasteiger partial charge on any atom is -0.461 e. The molecule has 92 valence electrons. The number of hydrogen-bond acceptors (Lipinski definition) is 5. The molecule has 1 aromatic heterocycles. The van der Waals surface area contributed by atoms with E-state index in [0.29, 0.717) is 38.2 Å². The van der Waals surface area contributed by atoms with E-state index in [4.69, 9.17) is 14.8 Å². The fraction of sp³-hybridized carbons (Fsp3) is 0.500. The highest BCUT2D eigenvalue weighted by molar-refractivity contribution is 5.93. The van der Waals surface area contributed by atoms with Crippen molar-refractivity contribution < 1.29 is 14.3 Å². The molecular formula is C12H16N2O3. The average Bonchev–Trinajstić information content (AvgIpc) is 2.86. The van der Waals surface area contributed by atoms with Crippen molar-refractivity contribution in [2.45, 2.75) is 12.8 Å². The van der Waals surface area contributed by atoms with Crippen molar-refractivity contribution in [1.29, 1.82) is 5.26 Å². The highest BCUT2D eigenvalue weighted by atomic mass is 16.3. The van der Waals surface area contributed by atoms with Crippen LogP contribution in [-0.4, -0.2) is 42.0 Å². The molecule has 1 rings (SSSR count). The van der Waals surface area contributed by atoms with Gasteiger partial charge in [0, 0.05) is 32.5 Å². The second-order valence-electron chi connectivity index (χ2n) is 3.62. The second-order valence-corrected chi connectivity index (χ2v) is 3.62. The normalized spacial score (nSPS) is 10.4. The molecule has 1 aromatic rings. The largest absolute Gasteiger partial charge is 0.461 e. The summed E-state index contributed by atoms with van der Waals surface area (Å²) in [6, 6.07) is 5.35. The Bertz CT molecular complexity index is 368. The van der Waals surface area contributed by atoms with Crippen LogP contribution in [0, 0.1) is 11.3 Å². The molecule has 1 heterocycles. The van der Waals surface area contributed by atoms with Gasteiger partial charge in [-0.2, -0.15) is 5.26 Å². The molecule has 0 radical (unpaired) electrons. The Kier molecular flexibility index (Phi) is 6.00. The molecule has 17 heavy (non-hydrogen) atoms. The Morgan fingerprint density at radius 2 is 2.29 bits per heavy atom. The lowest BCUT2D eigenvalue weighted by Crippen LogP contribution is -2.30. The summed E-state index contributed by atoms with van der Waals surface area (Å²) in [5, 5.41) is 17.3. The van der Waals surface area contributed by atoms with Gasteiger partial charge >= 0.3 is 0 Å². The molecule has 0 amide bonds. The molecule has 0 bridgehead atoms. The Morgan fingerprint density at radius 1 is 1.47 bits per heavy atom. The van der Waals surface area contributed by atoms with Crippen LogP contribution >= 0.6 is 0 Å². The predicted molar refractivity (Wildman–Crippen MR) is 61.4 cm³/mol. The quantitative estimate of drug-likeness (QED) is 0.683. The van der Waals surface area contributed by atoms with Crippen molar-refractivity contribution in [3.05, 3.63) is 24.2 Å². The van der Waals surface area contributed by atoms with E-state index in [1.165, 1.54) is 6.26 Å². The van der Waals surface area contributed by atoms with E-state index in [9.17, 15) is 4.79 Å². The monoisotopic (exact) mass is 236 g/mol. The first-order valence-electron chi connectivity index (χ1n) is 5.54. The number of aliphatic hydroxyl groups is 1. The molecule has 0 spiro atoms. The van der Waals surface area contributed by atoms with Crippen LogP contribution in [0.25, 0.3) is 0 Å². The number of hydrogen-bond donors (Lipinski definition) is 1. The van der Waals surface area contributed by atoms with E-state index < -0.39 is 0 Å². The molecule has 0 aliphatic carbocycles. The van der Waals surface area contributed by atoms with Gasteiger partial charge in [-0.05, 0) is 12.1 Å². The SMILES string of the molecule is N#CCCN(CCO)CCC(=O)c1ccco1. The molecule has 0 saturated carbocycles. The lowest BCUT2D eigenvalue weighted by molar-refractivity contribution is 0.0931. The number of furan rings is 1. The fourth-order valence-corrected chi connectivity index (χ4v) is 1.51. The summed E-state index contributed by atoms with van der Waals surface area (Å²) in [5.74, 6) is 0.295. The number of nitriles is 1. The Hall–Kier alpha value is -1.64. The zero-order valence-electron chi connectivity index (χ0n) is 9.63. The third-order valence-corrected chi connectivity index (χ3v) is 2.41. The summed E-state index contributed by atoms with van der Waals surface area (Å²) in [6.45, 7) is 1.61. The number of ketones is 1. The first-order chi connectivity index (χ1) is 8.27. The van der Waals surface area contributed by atoms with Gasteiger partial charge in [0.15, 0.2) is 11.5 Å². The van der Waals surface area contributed by atoms with Gasteiger partial charge < -0.3 is 9.52 Å². The van der Waals surface area contributed by atoms with E-state index in [0.717, 1.165) is 0 Å². The van der Waals surface area contributed by atoms with Gasteiger partial charge in [0.25, 0.3) is 0 Å². The van der Waals surface area contributed by atoms with Gasteiger partial charge in [-0.15, -0.1) is 0 Å². The Labute approximate surface area is 100 Å². The van der Waals surface area contributed by atoms with Crippen LogP contribution in [0.3, 0.4) is 0 Å². The van der Waals surface area contributed by atoms with Gasteiger partial charge in [-0.1, -0.05) is 0 Å². The molecule has 0 fully saturated rings. The maximum atomic E-state index is 11.6. The number of carbonyl (C=O) groups is 1. The zero-order chi connectivity index (χ0) is 12.5. The van der Waals surface area contributed by atoms with Gasteiger partial charge in [-0.3, -0.25) is 9.69 Å². The molecule has 1 N–H and O–H groups in total.